The lowest BCUT2D eigenvalue weighted by molar-refractivity contribution is 0.0956. The fourth-order valence-corrected chi connectivity index (χ4v) is 3.20. The number of nitrogens with zero attached hydrogens (tertiary/aromatic N) is 2. The van der Waals surface area contributed by atoms with E-state index in [-0.39, 0.29) is 5.91 Å². The van der Waals surface area contributed by atoms with E-state index < -0.39 is 0 Å². The Bertz CT molecular complexity index is 1040. The highest BCUT2D eigenvalue weighted by Crippen LogP contribution is 2.25. The molecule has 2 aromatic carbocycles. The van der Waals surface area contributed by atoms with Crippen molar-refractivity contribution in [3.63, 3.8) is 0 Å². The average molecular weight is 381 g/mol. The summed E-state index contributed by atoms with van der Waals surface area (Å²) >= 11 is 6.17. The smallest absolute Gasteiger partial charge is 0.273 e. The van der Waals surface area contributed by atoms with Gasteiger partial charge in [-0.25, -0.2) is 5.43 Å². The van der Waals surface area contributed by atoms with Crippen LogP contribution in [0.3, 0.4) is 0 Å². The lowest BCUT2D eigenvalue weighted by Crippen LogP contribution is -2.19. The predicted molar refractivity (Wildman–Crippen MR) is 111 cm³/mol. The van der Waals surface area contributed by atoms with Gasteiger partial charge in [-0.3, -0.25) is 4.79 Å². The number of benzene rings is 2. The number of carbonyl (C=O) groups is 1. The number of nitrogens with two attached hydrogens (primary N) is 1. The van der Waals surface area contributed by atoms with Crippen molar-refractivity contribution >= 4 is 29.4 Å². The van der Waals surface area contributed by atoms with E-state index in [0.29, 0.717) is 16.3 Å². The minimum atomic E-state index is -0.344. The maximum absolute atomic E-state index is 12.2. The van der Waals surface area contributed by atoms with Gasteiger partial charge in [-0.05, 0) is 56.7 Å². The van der Waals surface area contributed by atoms with Crippen LogP contribution in [0.5, 0.6) is 0 Å². The highest BCUT2D eigenvalue weighted by Gasteiger charge is 2.12. The second kappa shape index (κ2) is 7.68. The van der Waals surface area contributed by atoms with E-state index in [9.17, 15) is 4.79 Å². The molecule has 6 heteroatoms. The predicted octanol–water partition coefficient (Wildman–Crippen LogP) is 4.40. The van der Waals surface area contributed by atoms with Crippen molar-refractivity contribution in [2.45, 2.75) is 20.8 Å². The lowest BCUT2D eigenvalue weighted by atomic mass is 10.2. The molecule has 3 rings (SSSR count). The number of amides is 1. The fraction of sp³-hybridized carbons (Fsp3) is 0.143. The summed E-state index contributed by atoms with van der Waals surface area (Å²) < 4.78 is 2.12. The normalized spacial score (nSPS) is 11.1. The minimum absolute atomic E-state index is 0.344. The molecule has 0 radical (unpaired) electrons. The van der Waals surface area contributed by atoms with Crippen molar-refractivity contribution < 1.29 is 4.79 Å². The molecule has 0 fully saturated rings. The van der Waals surface area contributed by atoms with Crippen LogP contribution in [0.25, 0.3) is 5.69 Å². The van der Waals surface area contributed by atoms with Gasteiger partial charge in [-0.15, -0.1) is 0 Å². The maximum atomic E-state index is 12.2. The number of para-hydroxylation sites is 1. The number of hydrazone groups is 1. The molecule has 1 aromatic heterocycles. The summed E-state index contributed by atoms with van der Waals surface area (Å²) in [5, 5.41) is 4.77. The van der Waals surface area contributed by atoms with Crippen molar-refractivity contribution in [1.82, 2.24) is 9.99 Å². The zero-order valence-electron chi connectivity index (χ0n) is 15.5. The second-order valence-corrected chi connectivity index (χ2v) is 6.82. The summed E-state index contributed by atoms with van der Waals surface area (Å²) in [5.41, 5.74) is 14.3. The molecule has 0 bridgehead atoms. The summed E-state index contributed by atoms with van der Waals surface area (Å²) in [4.78, 5) is 12.2. The van der Waals surface area contributed by atoms with E-state index >= 15 is 0 Å². The molecule has 1 amide bonds. The molecule has 138 valence electrons. The van der Waals surface area contributed by atoms with Gasteiger partial charge in [0.05, 0.1) is 11.8 Å². The first-order chi connectivity index (χ1) is 12.9. The summed E-state index contributed by atoms with van der Waals surface area (Å²) in [6.07, 6.45) is 1.63. The third-order valence-electron chi connectivity index (χ3n) is 4.46. The second-order valence-electron chi connectivity index (χ2n) is 6.38. The summed E-state index contributed by atoms with van der Waals surface area (Å²) in [6, 6.07) is 14.7. The Morgan fingerprint density at radius 1 is 1.15 bits per heavy atom. The summed E-state index contributed by atoms with van der Waals surface area (Å²) in [7, 11) is 0. The van der Waals surface area contributed by atoms with Crippen molar-refractivity contribution in [3.8, 4) is 5.69 Å². The first-order valence-electron chi connectivity index (χ1n) is 8.52. The first kappa shape index (κ1) is 18.7. The third-order valence-corrected chi connectivity index (χ3v) is 4.69. The molecule has 5 nitrogen and oxygen atoms in total. The van der Waals surface area contributed by atoms with Crippen LogP contribution in [0.4, 0.5) is 5.69 Å². The zero-order chi connectivity index (χ0) is 19.6. The van der Waals surface area contributed by atoms with Gasteiger partial charge in [0.15, 0.2) is 0 Å². The molecule has 0 saturated carbocycles. The van der Waals surface area contributed by atoms with Crippen LogP contribution in [-0.2, 0) is 0 Å². The molecule has 0 atom stereocenters. The molecule has 0 aliphatic rings. The van der Waals surface area contributed by atoms with E-state index in [2.05, 4.69) is 15.1 Å². The molecule has 1 heterocycles. The quantitative estimate of drug-likeness (QED) is 0.400. The number of hydrogen-bond acceptors (Lipinski definition) is 3. The molecule has 3 aromatic rings. The van der Waals surface area contributed by atoms with E-state index in [1.165, 1.54) is 0 Å². The lowest BCUT2D eigenvalue weighted by Gasteiger charge is -2.13. The van der Waals surface area contributed by atoms with Crippen LogP contribution in [0.15, 0.2) is 53.6 Å². The van der Waals surface area contributed by atoms with Gasteiger partial charge in [0.25, 0.3) is 5.91 Å². The van der Waals surface area contributed by atoms with Gasteiger partial charge < -0.3 is 10.3 Å². The molecule has 0 unspecified atom stereocenters. The van der Waals surface area contributed by atoms with Crippen LogP contribution >= 0.6 is 11.6 Å². The molecule has 27 heavy (non-hydrogen) atoms. The highest BCUT2D eigenvalue weighted by atomic mass is 35.5. The van der Waals surface area contributed by atoms with Crippen molar-refractivity contribution in [2.24, 2.45) is 5.10 Å². The minimum Gasteiger partial charge on any atom is -0.398 e. The Labute approximate surface area is 163 Å². The van der Waals surface area contributed by atoms with Gasteiger partial charge in [0.1, 0.15) is 0 Å². The van der Waals surface area contributed by atoms with Crippen LogP contribution < -0.4 is 11.2 Å². The molecule has 3 N–H and O–H groups in total. The van der Waals surface area contributed by atoms with Crippen LogP contribution in [0.1, 0.15) is 32.9 Å². The summed E-state index contributed by atoms with van der Waals surface area (Å²) in [5.74, 6) is -0.344. The van der Waals surface area contributed by atoms with Crippen molar-refractivity contribution in [2.75, 3.05) is 5.73 Å². The van der Waals surface area contributed by atoms with Gasteiger partial charge >= 0.3 is 0 Å². The average Bonchev–Trinajstić information content (AvgIpc) is 2.91. The molecular formula is C21H21ClN4O. The molecule has 0 saturated heterocycles. The number of nitrogen functional groups attached to an aromatic ring is 1. The molecular weight excluding hydrogens is 360 g/mol. The number of nitrogens with one attached hydrogen (secondary N) is 1. The molecule has 0 spiro atoms. The Hall–Kier alpha value is -3.05. The van der Waals surface area contributed by atoms with Crippen molar-refractivity contribution in [3.05, 3.63) is 81.6 Å². The standard InChI is InChI=1S/C21H21ClN4O/c1-13-8-9-17(22)11-20(13)26-14(2)10-16(15(26)3)12-24-25-21(27)18-6-4-5-7-19(18)23/h4-12H,23H2,1-3H3,(H,25,27)/b24-12-. The van der Waals surface area contributed by atoms with Gasteiger partial charge in [-0.1, -0.05) is 29.8 Å². The Morgan fingerprint density at radius 3 is 2.63 bits per heavy atom. The molecule has 0 aliphatic carbocycles. The topological polar surface area (TPSA) is 72.4 Å². The number of anilines is 1. The van der Waals surface area contributed by atoms with Gasteiger partial charge in [-0.2, -0.15) is 5.10 Å². The number of carbonyl (C=O) groups excluding carboxylic acids is 1. The van der Waals surface area contributed by atoms with Crippen LogP contribution in [0.2, 0.25) is 5.02 Å². The Morgan fingerprint density at radius 2 is 1.89 bits per heavy atom. The van der Waals surface area contributed by atoms with Gasteiger partial charge in [0, 0.05) is 33.3 Å². The fourth-order valence-electron chi connectivity index (χ4n) is 3.04. The SMILES string of the molecule is Cc1ccc(Cl)cc1-n1c(C)cc(/C=N\NC(=O)c2ccccc2N)c1C. The number of hydrogen-bond donors (Lipinski definition) is 2. The zero-order valence-corrected chi connectivity index (χ0v) is 16.2. The van der Waals surface area contributed by atoms with Crippen LogP contribution in [-0.4, -0.2) is 16.7 Å². The number of halogens is 1. The Balaban J connectivity index is 1.85. The Kier molecular flexibility index (Phi) is 5.33. The largest absolute Gasteiger partial charge is 0.398 e. The van der Waals surface area contributed by atoms with E-state index in [1.807, 2.05) is 45.0 Å². The monoisotopic (exact) mass is 380 g/mol. The number of aryl methyl sites for hydroxylation is 2. The summed E-state index contributed by atoms with van der Waals surface area (Å²) in [6.45, 7) is 6.07. The number of rotatable bonds is 4. The maximum Gasteiger partial charge on any atom is 0.273 e. The van der Waals surface area contributed by atoms with Gasteiger partial charge in [0.2, 0.25) is 0 Å². The van der Waals surface area contributed by atoms with E-state index in [4.69, 9.17) is 17.3 Å². The van der Waals surface area contributed by atoms with E-state index in [1.54, 1.807) is 30.5 Å². The molecule has 0 aliphatic heterocycles. The first-order valence-corrected chi connectivity index (χ1v) is 8.89. The highest BCUT2D eigenvalue weighted by molar-refractivity contribution is 6.30. The van der Waals surface area contributed by atoms with Crippen molar-refractivity contribution in [1.29, 1.82) is 0 Å². The van der Waals surface area contributed by atoms with Crippen LogP contribution in [0, 0.1) is 20.8 Å². The van der Waals surface area contributed by atoms with E-state index in [0.717, 1.165) is 28.2 Å². The number of aromatic nitrogens is 1. The third kappa shape index (κ3) is 3.88.